The Kier molecular flexibility index (Phi) is 5.46. The Morgan fingerprint density at radius 1 is 1.23 bits per heavy atom. The van der Waals surface area contributed by atoms with Crippen LogP contribution in [0.15, 0.2) is 29.2 Å². The lowest BCUT2D eigenvalue weighted by Crippen LogP contribution is -2.66. The third kappa shape index (κ3) is 2.89. The predicted octanol–water partition coefficient (Wildman–Crippen LogP) is 0.615. The first-order valence-electron chi connectivity index (χ1n) is 8.13. The van der Waals surface area contributed by atoms with Crippen LogP contribution in [0.2, 0.25) is 0 Å². The second-order valence-corrected chi connectivity index (χ2v) is 8.15. The molecule has 1 aliphatic heterocycles. The number of carbonyl (C=O) groups excluding carboxylic acids is 2. The summed E-state index contributed by atoms with van der Waals surface area (Å²) in [6.45, 7) is 4.26. The van der Waals surface area contributed by atoms with E-state index < -0.39 is 33.1 Å². The minimum absolute atomic E-state index is 0.0376. The molecule has 0 bridgehead atoms. The molecule has 1 saturated heterocycles. The maximum absolute atomic E-state index is 13.1. The lowest BCUT2D eigenvalue weighted by Gasteiger charge is -2.39. The number of rotatable bonds is 5. The first-order chi connectivity index (χ1) is 12.1. The molecule has 1 aliphatic rings. The Bertz CT molecular complexity index is 805. The molecule has 1 aromatic carbocycles. The number of aryl methyl sites for hydroxylation is 1. The van der Waals surface area contributed by atoms with Crippen LogP contribution in [-0.4, -0.2) is 61.2 Å². The zero-order valence-electron chi connectivity index (χ0n) is 15.2. The molecular formula is C17H23NO7S. The van der Waals surface area contributed by atoms with Gasteiger partial charge in [0.2, 0.25) is 10.0 Å². The summed E-state index contributed by atoms with van der Waals surface area (Å²) >= 11 is 0. The average Bonchev–Trinajstić information content (AvgIpc) is 2.89. The molecule has 0 amide bonds. The van der Waals surface area contributed by atoms with E-state index in [0.29, 0.717) is 0 Å². The Hall–Kier alpha value is -1.97. The van der Waals surface area contributed by atoms with E-state index in [9.17, 15) is 23.1 Å². The summed E-state index contributed by atoms with van der Waals surface area (Å²) in [7, 11) is -3.12. The van der Waals surface area contributed by atoms with Gasteiger partial charge in [0, 0.05) is 13.0 Å². The van der Waals surface area contributed by atoms with Crippen LogP contribution in [-0.2, 0) is 29.1 Å². The maximum Gasteiger partial charge on any atom is 0.340 e. The highest BCUT2D eigenvalue weighted by molar-refractivity contribution is 7.89. The Morgan fingerprint density at radius 3 is 2.31 bits per heavy atom. The van der Waals surface area contributed by atoms with E-state index in [1.54, 1.807) is 19.1 Å². The van der Waals surface area contributed by atoms with Crippen LogP contribution in [0.5, 0.6) is 0 Å². The third-order valence-corrected chi connectivity index (χ3v) is 6.78. The normalized spacial score (nSPS) is 26.5. The van der Waals surface area contributed by atoms with E-state index in [1.807, 2.05) is 6.92 Å². The zero-order valence-corrected chi connectivity index (χ0v) is 16.0. The van der Waals surface area contributed by atoms with E-state index in [2.05, 4.69) is 4.74 Å². The highest BCUT2D eigenvalue weighted by Gasteiger charge is 2.69. The van der Waals surface area contributed by atoms with Gasteiger partial charge in [-0.15, -0.1) is 0 Å². The second kappa shape index (κ2) is 6.98. The van der Waals surface area contributed by atoms with Crippen molar-refractivity contribution in [1.29, 1.82) is 0 Å². The topological polar surface area (TPSA) is 110 Å². The fraction of sp³-hybridized carbons (Fsp3) is 0.529. The molecule has 26 heavy (non-hydrogen) atoms. The van der Waals surface area contributed by atoms with Crippen molar-refractivity contribution >= 4 is 22.0 Å². The molecule has 0 radical (unpaired) electrons. The van der Waals surface area contributed by atoms with Crippen LogP contribution in [0.1, 0.15) is 25.8 Å². The quantitative estimate of drug-likeness (QED) is 0.740. The number of aliphatic hydroxyl groups is 1. The van der Waals surface area contributed by atoms with Crippen molar-refractivity contribution in [3.05, 3.63) is 29.8 Å². The van der Waals surface area contributed by atoms with Crippen molar-refractivity contribution in [2.24, 2.45) is 0 Å². The van der Waals surface area contributed by atoms with E-state index in [4.69, 9.17) is 4.74 Å². The van der Waals surface area contributed by atoms with Gasteiger partial charge in [0.1, 0.15) is 0 Å². The third-order valence-electron chi connectivity index (χ3n) is 4.79. The van der Waals surface area contributed by atoms with Gasteiger partial charge in [-0.1, -0.05) is 17.7 Å². The highest BCUT2D eigenvalue weighted by Crippen LogP contribution is 2.43. The number of nitrogens with zero attached hydrogens (tertiary/aromatic N) is 1. The van der Waals surface area contributed by atoms with Gasteiger partial charge in [0.15, 0.2) is 11.1 Å². The number of esters is 2. The number of methoxy groups -OCH3 is 1. The molecule has 8 nitrogen and oxygen atoms in total. The fourth-order valence-corrected chi connectivity index (χ4v) is 4.92. The molecule has 0 unspecified atom stereocenters. The molecule has 0 aliphatic carbocycles. The van der Waals surface area contributed by atoms with Crippen molar-refractivity contribution in [3.8, 4) is 0 Å². The first-order valence-corrected chi connectivity index (χ1v) is 9.57. The van der Waals surface area contributed by atoms with Crippen LogP contribution in [0.4, 0.5) is 0 Å². The molecule has 1 N–H and O–H groups in total. The molecule has 1 fully saturated rings. The molecule has 2 rings (SSSR count). The zero-order chi connectivity index (χ0) is 19.8. The number of sulfonamides is 1. The van der Waals surface area contributed by atoms with Gasteiger partial charge in [-0.25, -0.2) is 18.0 Å². The van der Waals surface area contributed by atoms with Crippen LogP contribution in [0, 0.1) is 6.92 Å². The van der Waals surface area contributed by atoms with Gasteiger partial charge in [0.25, 0.3) is 0 Å². The largest absolute Gasteiger partial charge is 0.467 e. The van der Waals surface area contributed by atoms with Crippen molar-refractivity contribution in [2.45, 2.75) is 43.2 Å². The molecule has 1 heterocycles. The molecule has 0 aromatic heterocycles. The van der Waals surface area contributed by atoms with Gasteiger partial charge in [-0.2, -0.15) is 4.31 Å². The molecule has 1 aromatic rings. The smallest absolute Gasteiger partial charge is 0.340 e. The first kappa shape index (κ1) is 20.3. The van der Waals surface area contributed by atoms with E-state index in [0.717, 1.165) is 17.0 Å². The molecule has 0 spiro atoms. The lowest BCUT2D eigenvalue weighted by molar-refractivity contribution is -0.182. The number of hydrogen-bond donors (Lipinski definition) is 1. The average molecular weight is 385 g/mol. The minimum atomic E-state index is -4.17. The summed E-state index contributed by atoms with van der Waals surface area (Å²) in [5.41, 5.74) is -3.64. The Balaban J connectivity index is 2.61. The molecule has 2 atom stereocenters. The SMILES string of the molecule is CCOC(=O)[C@@]1(C)N(S(=O)(=O)c2ccc(C)cc2)CC[C@]1(O)C(=O)OC. The fourth-order valence-electron chi connectivity index (χ4n) is 3.15. The molecule has 144 valence electrons. The van der Waals surface area contributed by atoms with Crippen LogP contribution in [0.3, 0.4) is 0 Å². The van der Waals surface area contributed by atoms with Gasteiger partial charge in [-0.3, -0.25) is 0 Å². The van der Waals surface area contributed by atoms with Gasteiger partial charge in [-0.05, 0) is 32.9 Å². The van der Waals surface area contributed by atoms with E-state index >= 15 is 0 Å². The van der Waals surface area contributed by atoms with E-state index in [1.165, 1.54) is 19.1 Å². The highest BCUT2D eigenvalue weighted by atomic mass is 32.2. The molecular weight excluding hydrogens is 362 g/mol. The maximum atomic E-state index is 13.1. The van der Waals surface area contributed by atoms with Crippen molar-refractivity contribution < 1.29 is 32.6 Å². The molecule has 9 heteroatoms. The summed E-state index contributed by atoms with van der Waals surface area (Å²) in [5, 5.41) is 10.9. The summed E-state index contributed by atoms with van der Waals surface area (Å²) in [6, 6.07) is 6.06. The minimum Gasteiger partial charge on any atom is -0.467 e. The summed E-state index contributed by atoms with van der Waals surface area (Å²) < 4.78 is 36.7. The molecule has 0 saturated carbocycles. The summed E-state index contributed by atoms with van der Waals surface area (Å²) in [6.07, 6.45) is -0.292. The Morgan fingerprint density at radius 2 is 1.81 bits per heavy atom. The lowest BCUT2D eigenvalue weighted by atomic mass is 9.82. The van der Waals surface area contributed by atoms with E-state index in [-0.39, 0.29) is 24.5 Å². The number of hydrogen-bond acceptors (Lipinski definition) is 7. The second-order valence-electron chi connectivity index (χ2n) is 6.28. The monoisotopic (exact) mass is 385 g/mol. The van der Waals surface area contributed by atoms with Gasteiger partial charge >= 0.3 is 11.9 Å². The van der Waals surface area contributed by atoms with Crippen LogP contribution < -0.4 is 0 Å². The van der Waals surface area contributed by atoms with Gasteiger partial charge < -0.3 is 14.6 Å². The standard InChI is InChI=1S/C17H23NO7S/c1-5-25-14(19)16(3)17(21,15(20)24-4)10-11-18(16)26(22,23)13-8-6-12(2)7-9-13/h6-9,21H,5,10-11H2,1-4H3/t16-,17+/m1/s1. The number of carbonyl (C=O) groups is 2. The number of ether oxygens (including phenoxy) is 2. The van der Waals surface area contributed by atoms with Crippen molar-refractivity contribution in [2.75, 3.05) is 20.3 Å². The predicted molar refractivity (Wildman–Crippen MR) is 91.7 cm³/mol. The Labute approximate surface area is 152 Å². The van der Waals surface area contributed by atoms with Crippen molar-refractivity contribution in [3.63, 3.8) is 0 Å². The van der Waals surface area contributed by atoms with Crippen LogP contribution >= 0.6 is 0 Å². The van der Waals surface area contributed by atoms with Gasteiger partial charge in [0.05, 0.1) is 18.6 Å². The summed E-state index contributed by atoms with van der Waals surface area (Å²) in [5.74, 6) is -2.10. The van der Waals surface area contributed by atoms with Crippen LogP contribution in [0.25, 0.3) is 0 Å². The number of benzene rings is 1. The summed E-state index contributed by atoms with van der Waals surface area (Å²) in [4.78, 5) is 24.8. The van der Waals surface area contributed by atoms with Crippen molar-refractivity contribution in [1.82, 2.24) is 4.31 Å².